The number of hydrogen-bond donors (Lipinski definition) is 1. The highest BCUT2D eigenvalue weighted by Crippen LogP contribution is 2.28. The number of rotatable bonds is 9. The third-order valence-electron chi connectivity index (χ3n) is 3.87. The molecule has 0 aliphatic rings. The SMILES string of the molecule is COc1ccc(CCCN(C)S(=O)(=O)c2cc(C(=O)O)cs2)cc1OC. The summed E-state index contributed by atoms with van der Waals surface area (Å²) in [5, 5.41) is 10.3. The molecule has 0 saturated heterocycles. The van der Waals surface area contributed by atoms with Gasteiger partial charge >= 0.3 is 5.97 Å². The smallest absolute Gasteiger partial charge is 0.336 e. The first-order chi connectivity index (χ1) is 12.3. The average molecular weight is 399 g/mol. The maximum atomic E-state index is 12.5. The fourth-order valence-electron chi connectivity index (χ4n) is 2.38. The van der Waals surface area contributed by atoms with Crippen molar-refractivity contribution < 1.29 is 27.8 Å². The second-order valence-electron chi connectivity index (χ2n) is 5.58. The molecule has 0 radical (unpaired) electrons. The Bertz CT molecular complexity index is 875. The van der Waals surface area contributed by atoms with E-state index in [4.69, 9.17) is 14.6 Å². The van der Waals surface area contributed by atoms with Crippen LogP contribution >= 0.6 is 11.3 Å². The number of benzene rings is 1. The molecule has 0 aliphatic carbocycles. The Morgan fingerprint density at radius 3 is 2.46 bits per heavy atom. The van der Waals surface area contributed by atoms with Crippen molar-refractivity contribution in [1.29, 1.82) is 0 Å². The number of aromatic carboxylic acids is 1. The van der Waals surface area contributed by atoms with Crippen molar-refractivity contribution >= 4 is 27.3 Å². The summed E-state index contributed by atoms with van der Waals surface area (Å²) in [4.78, 5) is 10.9. The minimum Gasteiger partial charge on any atom is -0.493 e. The van der Waals surface area contributed by atoms with Crippen molar-refractivity contribution in [2.24, 2.45) is 0 Å². The van der Waals surface area contributed by atoms with Gasteiger partial charge in [0, 0.05) is 19.0 Å². The van der Waals surface area contributed by atoms with Gasteiger partial charge in [-0.3, -0.25) is 0 Å². The summed E-state index contributed by atoms with van der Waals surface area (Å²) >= 11 is 0.911. The molecule has 0 saturated carbocycles. The first-order valence-corrected chi connectivity index (χ1v) is 10.1. The molecular formula is C17H21NO6S2. The molecule has 1 N–H and O–H groups in total. The van der Waals surface area contributed by atoms with Crippen molar-refractivity contribution in [3.63, 3.8) is 0 Å². The van der Waals surface area contributed by atoms with Crippen molar-refractivity contribution in [2.45, 2.75) is 17.1 Å². The van der Waals surface area contributed by atoms with Gasteiger partial charge in [0.1, 0.15) is 4.21 Å². The fraction of sp³-hybridized carbons (Fsp3) is 0.353. The van der Waals surface area contributed by atoms with Crippen LogP contribution in [0.5, 0.6) is 11.5 Å². The molecule has 0 bridgehead atoms. The lowest BCUT2D eigenvalue weighted by atomic mass is 10.1. The second-order valence-corrected chi connectivity index (χ2v) is 8.76. The average Bonchev–Trinajstić information content (AvgIpc) is 3.12. The van der Waals surface area contributed by atoms with Gasteiger partial charge in [-0.05, 0) is 36.6 Å². The fourth-order valence-corrected chi connectivity index (χ4v) is 4.95. The molecule has 0 unspecified atom stereocenters. The quantitative estimate of drug-likeness (QED) is 0.697. The number of sulfonamides is 1. The van der Waals surface area contributed by atoms with E-state index in [1.165, 1.54) is 22.8 Å². The topological polar surface area (TPSA) is 93.1 Å². The normalized spacial score (nSPS) is 11.5. The molecule has 1 aromatic carbocycles. The third kappa shape index (κ3) is 4.54. The molecule has 2 rings (SSSR count). The number of carbonyl (C=O) groups is 1. The molecule has 1 heterocycles. The summed E-state index contributed by atoms with van der Waals surface area (Å²) < 4.78 is 36.7. The second kappa shape index (κ2) is 8.52. The highest BCUT2D eigenvalue weighted by atomic mass is 32.2. The molecule has 0 atom stereocenters. The van der Waals surface area contributed by atoms with Crippen LogP contribution in [0.3, 0.4) is 0 Å². The standard InChI is InChI=1S/C17H21NO6S2/c1-18(26(21,22)16-10-13(11-25-16)17(19)20)8-4-5-12-6-7-14(23-2)15(9-12)24-3/h6-7,9-11H,4-5,8H2,1-3H3,(H,19,20). The molecule has 26 heavy (non-hydrogen) atoms. The van der Waals surface area contributed by atoms with Crippen molar-refractivity contribution in [1.82, 2.24) is 4.31 Å². The summed E-state index contributed by atoms with van der Waals surface area (Å²) in [5.74, 6) is 0.132. The van der Waals surface area contributed by atoms with E-state index in [0.717, 1.165) is 16.9 Å². The van der Waals surface area contributed by atoms with Crippen molar-refractivity contribution in [3.05, 3.63) is 40.8 Å². The highest BCUT2D eigenvalue weighted by molar-refractivity contribution is 7.91. The third-order valence-corrected chi connectivity index (χ3v) is 7.15. The van der Waals surface area contributed by atoms with Gasteiger partial charge in [0.05, 0.1) is 19.8 Å². The zero-order valence-electron chi connectivity index (χ0n) is 14.8. The first-order valence-electron chi connectivity index (χ1n) is 7.78. The Morgan fingerprint density at radius 2 is 1.88 bits per heavy atom. The minimum absolute atomic E-state index is 0.0210. The van der Waals surface area contributed by atoms with Crippen molar-refractivity contribution in [2.75, 3.05) is 27.8 Å². The zero-order valence-corrected chi connectivity index (χ0v) is 16.4. The van der Waals surface area contributed by atoms with Gasteiger partial charge in [-0.15, -0.1) is 11.3 Å². The number of carboxylic acids is 1. The van der Waals surface area contributed by atoms with Crippen LogP contribution in [-0.2, 0) is 16.4 Å². The molecule has 142 valence electrons. The number of hydrogen-bond acceptors (Lipinski definition) is 6. The molecule has 1 aromatic heterocycles. The van der Waals surface area contributed by atoms with Crippen LogP contribution in [0.2, 0.25) is 0 Å². The molecule has 0 spiro atoms. The Hall–Kier alpha value is -2.10. The highest BCUT2D eigenvalue weighted by Gasteiger charge is 2.23. The largest absolute Gasteiger partial charge is 0.493 e. The van der Waals surface area contributed by atoms with Crippen LogP contribution in [0.4, 0.5) is 0 Å². The van der Waals surface area contributed by atoms with Crippen LogP contribution in [0.1, 0.15) is 22.3 Å². The van der Waals surface area contributed by atoms with E-state index in [0.29, 0.717) is 30.9 Å². The van der Waals surface area contributed by atoms with E-state index in [-0.39, 0.29) is 9.77 Å². The molecule has 0 fully saturated rings. The van der Waals surface area contributed by atoms with E-state index < -0.39 is 16.0 Å². The maximum Gasteiger partial charge on any atom is 0.336 e. The lowest BCUT2D eigenvalue weighted by Gasteiger charge is -2.16. The number of nitrogens with zero attached hydrogens (tertiary/aromatic N) is 1. The summed E-state index contributed by atoms with van der Waals surface area (Å²) in [6, 6.07) is 6.78. The molecule has 0 amide bonds. The minimum atomic E-state index is -3.69. The van der Waals surface area contributed by atoms with Gasteiger partial charge < -0.3 is 14.6 Å². The lowest BCUT2D eigenvalue weighted by Crippen LogP contribution is -2.27. The molecule has 0 aliphatic heterocycles. The summed E-state index contributed by atoms with van der Waals surface area (Å²) in [6.45, 7) is 0.316. The van der Waals surface area contributed by atoms with Crippen LogP contribution in [0.15, 0.2) is 33.9 Å². The molecular weight excluding hydrogens is 378 g/mol. The first kappa shape index (κ1) is 20.2. The van der Waals surface area contributed by atoms with E-state index in [2.05, 4.69) is 0 Å². The summed E-state index contributed by atoms with van der Waals surface area (Å²) in [6.07, 6.45) is 1.29. The van der Waals surface area contributed by atoms with Gasteiger partial charge in [-0.2, -0.15) is 0 Å². The summed E-state index contributed by atoms with van der Waals surface area (Å²) in [7, 11) is 0.935. The van der Waals surface area contributed by atoms with Gasteiger partial charge in [-0.25, -0.2) is 17.5 Å². The zero-order chi connectivity index (χ0) is 19.3. The molecule has 2 aromatic rings. The predicted molar refractivity (Wildman–Crippen MR) is 99.0 cm³/mol. The summed E-state index contributed by atoms with van der Waals surface area (Å²) in [5.41, 5.74) is 0.991. The van der Waals surface area contributed by atoms with Crippen LogP contribution in [0.25, 0.3) is 0 Å². The van der Waals surface area contributed by atoms with E-state index >= 15 is 0 Å². The Kier molecular flexibility index (Phi) is 6.63. The maximum absolute atomic E-state index is 12.5. The van der Waals surface area contributed by atoms with Crippen LogP contribution in [0, 0.1) is 0 Å². The molecule has 7 nitrogen and oxygen atoms in total. The Balaban J connectivity index is 1.99. The number of carboxylic acid groups (broad SMARTS) is 1. The Labute approximate surface area is 156 Å². The van der Waals surface area contributed by atoms with E-state index in [1.54, 1.807) is 14.2 Å². The van der Waals surface area contributed by atoms with Gasteiger partial charge in [-0.1, -0.05) is 6.07 Å². The number of aryl methyl sites for hydroxylation is 1. The number of methoxy groups -OCH3 is 2. The van der Waals surface area contributed by atoms with E-state index in [1.807, 2.05) is 18.2 Å². The number of ether oxygens (including phenoxy) is 2. The molecule has 9 heteroatoms. The lowest BCUT2D eigenvalue weighted by molar-refractivity contribution is 0.0697. The van der Waals surface area contributed by atoms with Gasteiger partial charge in [0.2, 0.25) is 0 Å². The monoisotopic (exact) mass is 399 g/mol. The van der Waals surface area contributed by atoms with Gasteiger partial charge in [0.25, 0.3) is 10.0 Å². The Morgan fingerprint density at radius 1 is 1.19 bits per heavy atom. The van der Waals surface area contributed by atoms with Crippen molar-refractivity contribution in [3.8, 4) is 11.5 Å². The van der Waals surface area contributed by atoms with E-state index in [9.17, 15) is 13.2 Å². The number of thiophene rings is 1. The predicted octanol–water partition coefficient (Wildman–Crippen LogP) is 2.72. The van der Waals surface area contributed by atoms with Gasteiger partial charge in [0.15, 0.2) is 11.5 Å². The van der Waals surface area contributed by atoms with Crippen LogP contribution < -0.4 is 9.47 Å². The van der Waals surface area contributed by atoms with Crippen LogP contribution in [-0.4, -0.2) is 51.6 Å².